The lowest BCUT2D eigenvalue weighted by molar-refractivity contribution is -0.146. The quantitative estimate of drug-likeness (QED) is 0.238. The molecule has 33 heavy (non-hydrogen) atoms. The average Bonchev–Trinajstić information content (AvgIpc) is 2.72. The molecule has 1 atom stereocenters. The number of hydrogen-bond donors (Lipinski definition) is 1. The molecule has 0 saturated carbocycles. The van der Waals surface area contributed by atoms with Crippen LogP contribution in [0.15, 0.2) is 65.8 Å². The van der Waals surface area contributed by atoms with E-state index in [-0.39, 0.29) is 10.7 Å². The molecule has 0 heterocycles. The zero-order valence-electron chi connectivity index (χ0n) is 20.9. The SMILES string of the molecule is CC(C)(C)OC(=O)/C(=N/NC(=O)c1ccccc1)[C@@H](O[Si](C)(C)C(C)(C)C)c1ccccc1. The van der Waals surface area contributed by atoms with E-state index in [2.05, 4.69) is 44.4 Å². The molecule has 6 nitrogen and oxygen atoms in total. The second-order valence-electron chi connectivity index (χ2n) is 10.5. The number of carbonyl (C=O) groups excluding carboxylic acids is 2. The molecule has 1 amide bonds. The summed E-state index contributed by atoms with van der Waals surface area (Å²) >= 11 is 0. The average molecular weight is 469 g/mol. The number of amides is 1. The predicted molar refractivity (Wildman–Crippen MR) is 135 cm³/mol. The summed E-state index contributed by atoms with van der Waals surface area (Å²) in [6, 6.07) is 18.1. The van der Waals surface area contributed by atoms with Crippen molar-refractivity contribution in [3.8, 4) is 0 Å². The van der Waals surface area contributed by atoms with Gasteiger partial charge >= 0.3 is 5.97 Å². The first kappa shape index (κ1) is 26.5. The summed E-state index contributed by atoms with van der Waals surface area (Å²) in [5.74, 6) is -1.06. The Morgan fingerprint density at radius 3 is 1.88 bits per heavy atom. The Bertz CT molecular complexity index is 975. The Labute approximate surface area is 198 Å². The number of benzene rings is 2. The van der Waals surface area contributed by atoms with Gasteiger partial charge in [-0.1, -0.05) is 69.3 Å². The van der Waals surface area contributed by atoms with Gasteiger partial charge in [-0.25, -0.2) is 10.2 Å². The summed E-state index contributed by atoms with van der Waals surface area (Å²) in [4.78, 5) is 25.9. The molecule has 2 aromatic rings. The first-order valence-corrected chi connectivity index (χ1v) is 14.0. The molecule has 0 bridgehead atoms. The maximum Gasteiger partial charge on any atom is 0.358 e. The third-order valence-electron chi connectivity index (χ3n) is 5.49. The molecule has 0 radical (unpaired) electrons. The second kappa shape index (κ2) is 10.4. The highest BCUT2D eigenvalue weighted by Gasteiger charge is 2.42. The Kier molecular flexibility index (Phi) is 8.38. The van der Waals surface area contributed by atoms with Crippen molar-refractivity contribution >= 4 is 25.9 Å². The van der Waals surface area contributed by atoms with E-state index in [9.17, 15) is 9.59 Å². The van der Waals surface area contributed by atoms with E-state index >= 15 is 0 Å². The van der Waals surface area contributed by atoms with Gasteiger partial charge in [-0.3, -0.25) is 4.79 Å². The maximum atomic E-state index is 13.3. The van der Waals surface area contributed by atoms with Gasteiger partial charge in [0.25, 0.3) is 5.91 Å². The number of rotatable bonds is 7. The summed E-state index contributed by atoms with van der Waals surface area (Å²) in [5.41, 5.74) is 2.99. The minimum Gasteiger partial charge on any atom is -0.455 e. The third kappa shape index (κ3) is 7.65. The van der Waals surface area contributed by atoms with E-state index in [4.69, 9.17) is 9.16 Å². The first-order valence-electron chi connectivity index (χ1n) is 11.1. The minimum atomic E-state index is -2.34. The van der Waals surface area contributed by atoms with Gasteiger partial charge in [-0.05, 0) is 56.6 Å². The summed E-state index contributed by atoms with van der Waals surface area (Å²) in [6.07, 6.45) is -0.794. The molecule has 178 valence electrons. The molecule has 0 fully saturated rings. The number of nitrogens with zero attached hydrogens (tertiary/aromatic N) is 1. The molecule has 0 spiro atoms. The fourth-order valence-corrected chi connectivity index (χ4v) is 3.88. The van der Waals surface area contributed by atoms with Crippen molar-refractivity contribution in [1.29, 1.82) is 0 Å². The summed E-state index contributed by atoms with van der Waals surface area (Å²) in [6.45, 7) is 16.0. The highest BCUT2D eigenvalue weighted by atomic mass is 28.4. The van der Waals surface area contributed by atoms with E-state index in [1.54, 1.807) is 45.0 Å². The standard InChI is InChI=1S/C26H36N2O4Si/c1-25(2,3)31-24(30)21(27-28-23(29)20-17-13-10-14-18-20)22(19-15-11-9-12-16-19)32-33(7,8)26(4,5)6/h9-18,22H,1-8H3,(H,28,29)/b27-21+/t22-/m0/s1. The van der Waals surface area contributed by atoms with Crippen LogP contribution < -0.4 is 5.43 Å². The van der Waals surface area contributed by atoms with Gasteiger partial charge in [0.2, 0.25) is 0 Å². The Morgan fingerprint density at radius 1 is 0.879 bits per heavy atom. The predicted octanol–water partition coefficient (Wildman–Crippen LogP) is 5.88. The van der Waals surface area contributed by atoms with E-state index in [1.807, 2.05) is 36.4 Å². The first-order chi connectivity index (χ1) is 15.2. The van der Waals surface area contributed by atoms with Gasteiger partial charge < -0.3 is 9.16 Å². The third-order valence-corrected chi connectivity index (χ3v) is 9.93. The maximum absolute atomic E-state index is 13.3. The zero-order valence-corrected chi connectivity index (χ0v) is 21.9. The lowest BCUT2D eigenvalue weighted by Gasteiger charge is -2.39. The monoisotopic (exact) mass is 468 g/mol. The van der Waals surface area contributed by atoms with Crippen LogP contribution in [0.4, 0.5) is 0 Å². The Hall–Kier alpha value is -2.77. The molecule has 0 saturated heterocycles. The summed E-state index contributed by atoms with van der Waals surface area (Å²) in [5, 5.41) is 4.16. The van der Waals surface area contributed by atoms with Crippen LogP contribution in [0.2, 0.25) is 18.1 Å². The lowest BCUT2D eigenvalue weighted by atomic mass is 10.0. The van der Waals surface area contributed by atoms with Crippen LogP contribution in [-0.4, -0.2) is 31.5 Å². The smallest absolute Gasteiger partial charge is 0.358 e. The van der Waals surface area contributed by atoms with Crippen molar-refractivity contribution < 1.29 is 18.8 Å². The normalized spacial score (nSPS) is 13.9. The molecule has 0 aromatic heterocycles. The molecule has 0 unspecified atom stereocenters. The molecule has 0 aliphatic rings. The van der Waals surface area contributed by atoms with Gasteiger partial charge in [0.15, 0.2) is 14.0 Å². The van der Waals surface area contributed by atoms with Crippen molar-refractivity contribution in [2.75, 3.05) is 0 Å². The van der Waals surface area contributed by atoms with E-state index in [0.717, 1.165) is 5.56 Å². The molecule has 2 aromatic carbocycles. The van der Waals surface area contributed by atoms with E-state index in [0.29, 0.717) is 5.56 Å². The topological polar surface area (TPSA) is 77.0 Å². The minimum absolute atomic E-state index is 0.00484. The van der Waals surface area contributed by atoms with Crippen LogP contribution >= 0.6 is 0 Å². The highest BCUT2D eigenvalue weighted by Crippen LogP contribution is 2.40. The number of hydrogen-bond acceptors (Lipinski definition) is 5. The number of nitrogens with one attached hydrogen (secondary N) is 1. The fraction of sp³-hybridized carbons (Fsp3) is 0.423. The van der Waals surface area contributed by atoms with Gasteiger partial charge in [0.1, 0.15) is 11.7 Å². The molecular weight excluding hydrogens is 432 g/mol. The summed E-state index contributed by atoms with van der Waals surface area (Å²) in [7, 11) is -2.34. The molecule has 7 heteroatoms. The summed E-state index contributed by atoms with van der Waals surface area (Å²) < 4.78 is 12.3. The lowest BCUT2D eigenvalue weighted by Crippen LogP contribution is -2.45. The Balaban J connectivity index is 2.54. The van der Waals surface area contributed by atoms with Crippen LogP contribution in [0.25, 0.3) is 0 Å². The van der Waals surface area contributed by atoms with Gasteiger partial charge in [-0.2, -0.15) is 5.10 Å². The molecule has 0 aliphatic heterocycles. The Morgan fingerprint density at radius 2 is 1.39 bits per heavy atom. The largest absolute Gasteiger partial charge is 0.455 e. The number of esters is 1. The molecule has 0 aliphatic carbocycles. The van der Waals surface area contributed by atoms with E-state index in [1.165, 1.54) is 0 Å². The molecule has 1 N–H and O–H groups in total. The second-order valence-corrected chi connectivity index (χ2v) is 15.2. The van der Waals surface area contributed by atoms with E-state index < -0.39 is 31.9 Å². The van der Waals surface area contributed by atoms with Crippen molar-refractivity contribution in [3.63, 3.8) is 0 Å². The van der Waals surface area contributed by atoms with Crippen LogP contribution in [0, 0.1) is 0 Å². The molecule has 2 rings (SSSR count). The fourth-order valence-electron chi connectivity index (χ4n) is 2.69. The van der Waals surface area contributed by atoms with Crippen LogP contribution in [0.3, 0.4) is 0 Å². The molecular formula is C26H36N2O4Si. The van der Waals surface area contributed by atoms with Crippen molar-refractivity contribution in [1.82, 2.24) is 5.43 Å². The number of carbonyl (C=O) groups is 2. The van der Waals surface area contributed by atoms with Gasteiger partial charge in [-0.15, -0.1) is 0 Å². The van der Waals surface area contributed by atoms with Crippen LogP contribution in [-0.2, 0) is 14.0 Å². The van der Waals surface area contributed by atoms with Crippen molar-refractivity contribution in [3.05, 3.63) is 71.8 Å². The van der Waals surface area contributed by atoms with Gasteiger partial charge in [0, 0.05) is 5.56 Å². The highest BCUT2D eigenvalue weighted by molar-refractivity contribution is 6.74. The number of hydrazone groups is 1. The number of ether oxygens (including phenoxy) is 1. The van der Waals surface area contributed by atoms with Crippen LogP contribution in [0.1, 0.15) is 63.6 Å². The van der Waals surface area contributed by atoms with Gasteiger partial charge in [0.05, 0.1) is 0 Å². The van der Waals surface area contributed by atoms with Crippen molar-refractivity contribution in [2.24, 2.45) is 5.10 Å². The zero-order chi connectivity index (χ0) is 24.9. The van der Waals surface area contributed by atoms with Crippen LogP contribution in [0.5, 0.6) is 0 Å². The van der Waals surface area contributed by atoms with Crippen molar-refractivity contribution in [2.45, 2.75) is 71.4 Å².